The number of hydrogen-bond acceptors (Lipinski definition) is 8. The molecule has 48 heavy (non-hydrogen) atoms. The molecule has 0 bridgehead atoms. The highest BCUT2D eigenvalue weighted by Crippen LogP contribution is 2.29. The van der Waals surface area contributed by atoms with Gasteiger partial charge in [-0.1, -0.05) is 36.4 Å². The Hall–Kier alpha value is -3.80. The van der Waals surface area contributed by atoms with Gasteiger partial charge in [0.2, 0.25) is 11.8 Å². The quantitative estimate of drug-likeness (QED) is 0.292. The number of thioether (sulfide) groups is 1. The Morgan fingerprint density at radius 2 is 1.73 bits per heavy atom. The van der Waals surface area contributed by atoms with E-state index in [9.17, 15) is 14.0 Å². The zero-order valence-electron chi connectivity index (χ0n) is 27.8. The molecule has 1 saturated heterocycles. The molecule has 6 rings (SSSR count). The molecule has 2 fully saturated rings. The van der Waals surface area contributed by atoms with Crippen molar-refractivity contribution in [3.8, 4) is 22.8 Å². The first-order valence-corrected chi connectivity index (χ1v) is 18.0. The number of hydrogen-bond donors (Lipinski definition) is 2. The lowest BCUT2D eigenvalue weighted by Gasteiger charge is -2.30. The van der Waals surface area contributed by atoms with Crippen LogP contribution in [0.3, 0.4) is 0 Å². The van der Waals surface area contributed by atoms with Crippen molar-refractivity contribution in [2.75, 3.05) is 45.5 Å². The Morgan fingerprint density at radius 1 is 0.958 bits per heavy atom. The lowest BCUT2D eigenvalue weighted by Crippen LogP contribution is -2.46. The Labute approximate surface area is 286 Å². The average molecular weight is 673 g/mol. The lowest BCUT2D eigenvalue weighted by molar-refractivity contribution is -0.122. The highest BCUT2D eigenvalue weighted by Gasteiger charge is 2.29. The molecule has 3 heterocycles. The normalized spacial score (nSPS) is 22.1. The second kappa shape index (κ2) is 16.1. The number of carbonyl (C=O) groups is 2. The highest BCUT2D eigenvalue weighted by atomic mass is 32.2. The smallest absolute Gasteiger partial charge is 0.257 e. The summed E-state index contributed by atoms with van der Waals surface area (Å²) in [4.78, 5) is 39.4. The molecule has 1 aliphatic carbocycles. The van der Waals surface area contributed by atoms with Crippen LogP contribution in [0.25, 0.3) is 11.1 Å². The number of halogens is 1. The fourth-order valence-electron chi connectivity index (χ4n) is 6.57. The van der Waals surface area contributed by atoms with E-state index in [2.05, 4.69) is 61.7 Å². The number of amides is 2. The van der Waals surface area contributed by atoms with Gasteiger partial charge in [0, 0.05) is 37.5 Å². The number of aromatic nitrogens is 1. The Bertz CT molecular complexity index is 1610. The van der Waals surface area contributed by atoms with Crippen LogP contribution < -0.4 is 15.4 Å². The van der Waals surface area contributed by atoms with Gasteiger partial charge in [-0.2, -0.15) is 0 Å². The summed E-state index contributed by atoms with van der Waals surface area (Å²) < 4.78 is 20.4. The molecule has 2 N–H and O–H groups in total. The van der Waals surface area contributed by atoms with E-state index in [0.717, 1.165) is 73.9 Å². The van der Waals surface area contributed by atoms with Gasteiger partial charge in [-0.3, -0.25) is 14.6 Å². The molecule has 254 valence electrons. The van der Waals surface area contributed by atoms with Gasteiger partial charge in [-0.25, -0.2) is 9.37 Å². The van der Waals surface area contributed by atoms with Crippen molar-refractivity contribution >= 4 is 28.6 Å². The summed E-state index contributed by atoms with van der Waals surface area (Å²) >= 11 is 1.61. The second-order valence-electron chi connectivity index (χ2n) is 13.1. The van der Waals surface area contributed by atoms with E-state index in [0.29, 0.717) is 24.3 Å². The van der Waals surface area contributed by atoms with Crippen molar-refractivity contribution in [1.29, 1.82) is 0 Å². The van der Waals surface area contributed by atoms with E-state index in [1.165, 1.54) is 18.5 Å². The predicted octanol–water partition coefficient (Wildman–Crippen LogP) is 5.55. The highest BCUT2D eigenvalue weighted by molar-refractivity contribution is 8.14. The first-order valence-electron chi connectivity index (χ1n) is 17.0. The van der Waals surface area contributed by atoms with Crippen LogP contribution in [0, 0.1) is 5.82 Å². The molecule has 1 aromatic heterocycles. The van der Waals surface area contributed by atoms with Crippen molar-refractivity contribution in [2.24, 2.45) is 4.99 Å². The van der Waals surface area contributed by atoms with E-state index < -0.39 is 11.7 Å². The van der Waals surface area contributed by atoms with Crippen LogP contribution in [0.4, 0.5) is 4.39 Å². The first kappa shape index (κ1) is 34.1. The topological polar surface area (TPSA) is 99.2 Å². The molecule has 2 aromatic carbocycles. The van der Waals surface area contributed by atoms with Gasteiger partial charge in [0.25, 0.3) is 5.91 Å². The van der Waals surface area contributed by atoms with Crippen molar-refractivity contribution in [2.45, 2.75) is 63.6 Å². The number of likely N-dealkylation sites (N-methyl/N-ethyl adjacent to an activating group) is 1. The molecule has 3 aromatic rings. The van der Waals surface area contributed by atoms with Gasteiger partial charge >= 0.3 is 0 Å². The summed E-state index contributed by atoms with van der Waals surface area (Å²) in [7, 11) is 2.19. The molecule has 2 amide bonds. The third-order valence-corrected chi connectivity index (χ3v) is 10.4. The third kappa shape index (κ3) is 9.21. The SMILES string of the molecule is CC1=NC(C(=O)N[C@H]2CC[C@@H](NC(=O)c3cc(F)cnc3Oc3cccc(-c4ccc(CCN5CCCN(C)CC5)cc4)c3)CC2)CS1. The summed E-state index contributed by atoms with van der Waals surface area (Å²) in [5.41, 5.74) is 3.38. The van der Waals surface area contributed by atoms with Crippen molar-refractivity contribution in [1.82, 2.24) is 25.4 Å². The van der Waals surface area contributed by atoms with Crippen LogP contribution in [0.2, 0.25) is 0 Å². The molecule has 0 spiro atoms. The monoisotopic (exact) mass is 672 g/mol. The molecule has 0 radical (unpaired) electrons. The minimum atomic E-state index is -0.612. The van der Waals surface area contributed by atoms with E-state index in [4.69, 9.17) is 4.74 Å². The largest absolute Gasteiger partial charge is 0.438 e. The van der Waals surface area contributed by atoms with E-state index in [1.807, 2.05) is 25.1 Å². The summed E-state index contributed by atoms with van der Waals surface area (Å²) in [5, 5.41) is 7.09. The standard InChI is InChI=1S/C37H45FN6O3S/c1-25-40-34(24-48-25)36(46)42-31-13-11-30(12-14-31)41-35(45)33-22-29(38)23-39-37(33)47-32-6-3-5-28(21-32)27-9-7-26(8-10-27)15-18-44-17-4-16-43(2)19-20-44/h3,5-10,21-23,30-31,34H,4,11-20,24H2,1-2H3,(H,41,45)(H,42,46)/t30-,31+,34?. The second-order valence-corrected chi connectivity index (χ2v) is 14.3. The Morgan fingerprint density at radius 3 is 2.48 bits per heavy atom. The zero-order valence-corrected chi connectivity index (χ0v) is 28.6. The molecule has 9 nitrogen and oxygen atoms in total. The number of pyridine rings is 1. The van der Waals surface area contributed by atoms with Gasteiger partial charge < -0.3 is 25.2 Å². The number of benzene rings is 2. The number of rotatable bonds is 10. The van der Waals surface area contributed by atoms with Gasteiger partial charge in [0.15, 0.2) is 0 Å². The maximum Gasteiger partial charge on any atom is 0.257 e. The predicted molar refractivity (Wildman–Crippen MR) is 189 cm³/mol. The van der Waals surface area contributed by atoms with Crippen molar-refractivity contribution < 1.29 is 18.7 Å². The molecule has 1 saturated carbocycles. The van der Waals surface area contributed by atoms with Gasteiger partial charge in [0.1, 0.15) is 23.2 Å². The molecule has 2 aliphatic heterocycles. The van der Waals surface area contributed by atoms with Crippen molar-refractivity contribution in [3.63, 3.8) is 0 Å². The summed E-state index contributed by atoms with van der Waals surface area (Å²) in [6.07, 6.45) is 6.18. The minimum absolute atomic E-state index is 0.0347. The number of nitrogens with one attached hydrogen (secondary N) is 2. The van der Waals surface area contributed by atoms with Crippen LogP contribution in [-0.2, 0) is 11.2 Å². The third-order valence-electron chi connectivity index (χ3n) is 9.43. The molecule has 11 heteroatoms. The Balaban J connectivity index is 1.03. The maximum atomic E-state index is 14.3. The fourth-order valence-corrected chi connectivity index (χ4v) is 7.39. The fraction of sp³-hybridized carbons (Fsp3) is 0.459. The summed E-state index contributed by atoms with van der Waals surface area (Å²) in [5.74, 6) is 0.159. The van der Waals surface area contributed by atoms with Crippen LogP contribution in [0.5, 0.6) is 11.6 Å². The number of aliphatic imine (C=N–C) groups is 1. The lowest BCUT2D eigenvalue weighted by atomic mass is 9.90. The molecule has 3 aliphatic rings. The van der Waals surface area contributed by atoms with Gasteiger partial charge in [-0.05, 0) is 100 Å². The zero-order chi connectivity index (χ0) is 33.5. The van der Waals surface area contributed by atoms with Gasteiger partial charge in [0.05, 0.1) is 11.2 Å². The molecule has 1 unspecified atom stereocenters. The first-order chi connectivity index (χ1) is 23.3. The minimum Gasteiger partial charge on any atom is -0.438 e. The summed E-state index contributed by atoms with van der Waals surface area (Å²) in [6.45, 7) is 7.54. The molecule has 1 atom stereocenters. The van der Waals surface area contributed by atoms with Gasteiger partial charge in [-0.15, -0.1) is 11.8 Å². The van der Waals surface area contributed by atoms with E-state index in [-0.39, 0.29) is 35.5 Å². The number of carbonyl (C=O) groups excluding carboxylic acids is 2. The van der Waals surface area contributed by atoms with E-state index >= 15 is 0 Å². The van der Waals surface area contributed by atoms with Crippen LogP contribution in [-0.4, -0.2) is 95.3 Å². The van der Waals surface area contributed by atoms with Crippen LogP contribution in [0.1, 0.15) is 54.9 Å². The number of nitrogens with zero attached hydrogens (tertiary/aromatic N) is 4. The molecular formula is C37H45FN6O3S. The number of ether oxygens (including phenoxy) is 1. The van der Waals surface area contributed by atoms with Crippen LogP contribution in [0.15, 0.2) is 65.8 Å². The average Bonchev–Trinajstić information content (AvgIpc) is 3.43. The van der Waals surface area contributed by atoms with E-state index in [1.54, 1.807) is 17.8 Å². The molecular weight excluding hydrogens is 628 g/mol. The maximum absolute atomic E-state index is 14.3. The van der Waals surface area contributed by atoms with Crippen molar-refractivity contribution in [3.05, 3.63) is 77.7 Å². The van der Waals surface area contributed by atoms with Crippen LogP contribution >= 0.6 is 11.8 Å². The summed E-state index contributed by atoms with van der Waals surface area (Å²) in [6, 6.07) is 17.0. The Kier molecular flexibility index (Phi) is 11.4.